The molecule has 0 fully saturated rings. The molecule has 0 bridgehead atoms. The molecule has 2 aromatic rings. The van der Waals surface area contributed by atoms with E-state index in [4.69, 9.17) is 4.74 Å². The number of thiophene rings is 1. The van der Waals surface area contributed by atoms with E-state index in [1.165, 1.54) is 11.3 Å². The molecule has 1 amide bonds. The molecule has 0 spiro atoms. The van der Waals surface area contributed by atoms with E-state index >= 15 is 0 Å². The van der Waals surface area contributed by atoms with Crippen molar-refractivity contribution in [2.24, 2.45) is 0 Å². The second-order valence-corrected chi connectivity index (χ2v) is 7.25. The number of benzene rings is 1. The van der Waals surface area contributed by atoms with Gasteiger partial charge in [0.05, 0.1) is 5.56 Å². The zero-order valence-electron chi connectivity index (χ0n) is 12.5. The standard InChI is InChI=1S/C16H16BrNO3S/c1-9-8-14(11(3)22-9)16(20)21-10(2)15(19)18-13-6-4-12(17)5-7-13/h4-8,10H,1-3H3,(H,18,19)/t10-/m0/s1. The van der Waals surface area contributed by atoms with E-state index in [-0.39, 0.29) is 5.91 Å². The topological polar surface area (TPSA) is 55.4 Å². The van der Waals surface area contributed by atoms with Crippen molar-refractivity contribution in [3.63, 3.8) is 0 Å². The van der Waals surface area contributed by atoms with Crippen LogP contribution in [0.4, 0.5) is 5.69 Å². The van der Waals surface area contributed by atoms with Crippen molar-refractivity contribution in [1.82, 2.24) is 0 Å². The summed E-state index contributed by atoms with van der Waals surface area (Å²) >= 11 is 4.86. The van der Waals surface area contributed by atoms with Crippen molar-refractivity contribution < 1.29 is 14.3 Å². The Bertz CT molecular complexity index is 694. The van der Waals surface area contributed by atoms with Gasteiger partial charge in [0.25, 0.3) is 5.91 Å². The Hall–Kier alpha value is -1.66. The summed E-state index contributed by atoms with van der Waals surface area (Å²) in [5.74, 6) is -0.833. The molecule has 0 aliphatic carbocycles. The van der Waals surface area contributed by atoms with E-state index < -0.39 is 12.1 Å². The predicted octanol–water partition coefficient (Wildman–Crippen LogP) is 4.31. The van der Waals surface area contributed by atoms with Gasteiger partial charge >= 0.3 is 5.97 Å². The number of nitrogens with one attached hydrogen (secondary N) is 1. The van der Waals surface area contributed by atoms with E-state index in [9.17, 15) is 9.59 Å². The van der Waals surface area contributed by atoms with Crippen LogP contribution in [0.15, 0.2) is 34.8 Å². The number of hydrogen-bond acceptors (Lipinski definition) is 4. The predicted molar refractivity (Wildman–Crippen MR) is 91.4 cm³/mol. The van der Waals surface area contributed by atoms with Gasteiger partial charge < -0.3 is 10.1 Å². The van der Waals surface area contributed by atoms with Gasteiger partial charge in [-0.1, -0.05) is 15.9 Å². The van der Waals surface area contributed by atoms with Crippen LogP contribution in [-0.2, 0) is 9.53 Å². The number of carbonyl (C=O) groups is 2. The molecule has 1 N–H and O–H groups in total. The fourth-order valence-electron chi connectivity index (χ4n) is 1.89. The van der Waals surface area contributed by atoms with E-state index in [1.807, 2.05) is 26.0 Å². The lowest BCUT2D eigenvalue weighted by atomic mass is 10.2. The van der Waals surface area contributed by atoms with Crippen LogP contribution in [0, 0.1) is 13.8 Å². The SMILES string of the molecule is Cc1cc(C(=O)O[C@@H](C)C(=O)Nc2ccc(Br)cc2)c(C)s1. The number of halogens is 1. The summed E-state index contributed by atoms with van der Waals surface area (Å²) in [5.41, 5.74) is 1.17. The first-order chi connectivity index (χ1) is 10.4. The van der Waals surface area contributed by atoms with E-state index in [2.05, 4.69) is 21.2 Å². The van der Waals surface area contributed by atoms with Crippen LogP contribution < -0.4 is 5.32 Å². The van der Waals surface area contributed by atoms with Gasteiger partial charge in [-0.25, -0.2) is 4.79 Å². The summed E-state index contributed by atoms with van der Waals surface area (Å²) in [4.78, 5) is 26.1. The van der Waals surface area contributed by atoms with Gasteiger partial charge in [-0.05, 0) is 51.1 Å². The summed E-state index contributed by atoms with van der Waals surface area (Å²) in [6.07, 6.45) is -0.865. The average molecular weight is 382 g/mol. The minimum atomic E-state index is -0.865. The Morgan fingerprint density at radius 2 is 1.86 bits per heavy atom. The van der Waals surface area contributed by atoms with E-state index in [0.29, 0.717) is 11.3 Å². The van der Waals surface area contributed by atoms with Gasteiger partial charge in [-0.2, -0.15) is 0 Å². The molecule has 1 aromatic heterocycles. The molecule has 0 aliphatic heterocycles. The quantitative estimate of drug-likeness (QED) is 0.802. The largest absolute Gasteiger partial charge is 0.449 e. The Balaban J connectivity index is 1.97. The smallest absolute Gasteiger partial charge is 0.340 e. The van der Waals surface area contributed by atoms with Crippen LogP contribution in [0.5, 0.6) is 0 Å². The van der Waals surface area contributed by atoms with Crippen LogP contribution in [0.3, 0.4) is 0 Å². The van der Waals surface area contributed by atoms with Crippen LogP contribution in [0.2, 0.25) is 0 Å². The third-order valence-electron chi connectivity index (χ3n) is 3.03. The molecule has 0 radical (unpaired) electrons. The summed E-state index contributed by atoms with van der Waals surface area (Å²) in [6, 6.07) is 8.96. The summed E-state index contributed by atoms with van der Waals surface area (Å²) in [5, 5.41) is 2.71. The Labute approximate surface area is 141 Å². The van der Waals surface area contributed by atoms with Crippen LogP contribution in [0.1, 0.15) is 27.0 Å². The normalized spacial score (nSPS) is 11.8. The molecule has 0 saturated heterocycles. The highest BCUT2D eigenvalue weighted by Gasteiger charge is 2.21. The Kier molecular flexibility index (Phi) is 5.37. The number of esters is 1. The Morgan fingerprint density at radius 1 is 1.23 bits per heavy atom. The van der Waals surface area contributed by atoms with Crippen molar-refractivity contribution in [2.45, 2.75) is 26.9 Å². The number of ether oxygens (including phenoxy) is 1. The number of anilines is 1. The molecule has 0 aliphatic rings. The van der Waals surface area contributed by atoms with E-state index in [1.54, 1.807) is 25.1 Å². The maximum atomic E-state index is 12.1. The lowest BCUT2D eigenvalue weighted by Gasteiger charge is -2.13. The second kappa shape index (κ2) is 7.07. The maximum Gasteiger partial charge on any atom is 0.340 e. The number of aryl methyl sites for hydroxylation is 2. The van der Waals surface area contributed by atoms with Gasteiger partial charge in [0.15, 0.2) is 6.10 Å². The number of rotatable bonds is 4. The number of amides is 1. The lowest BCUT2D eigenvalue weighted by molar-refractivity contribution is -0.123. The van der Waals surface area contributed by atoms with E-state index in [0.717, 1.165) is 14.2 Å². The molecular weight excluding hydrogens is 366 g/mol. The van der Waals surface area contributed by atoms with Crippen molar-refractivity contribution in [1.29, 1.82) is 0 Å². The minimum absolute atomic E-state index is 0.361. The molecule has 1 aromatic carbocycles. The van der Waals surface area contributed by atoms with Crippen molar-refractivity contribution in [2.75, 3.05) is 5.32 Å². The second-order valence-electron chi connectivity index (χ2n) is 4.87. The molecular formula is C16H16BrNO3S. The highest BCUT2D eigenvalue weighted by Crippen LogP contribution is 2.22. The van der Waals surface area contributed by atoms with Gasteiger partial charge in [0.2, 0.25) is 0 Å². The average Bonchev–Trinajstić information content (AvgIpc) is 2.80. The van der Waals surface area contributed by atoms with Crippen LogP contribution in [-0.4, -0.2) is 18.0 Å². The third-order valence-corrected chi connectivity index (χ3v) is 4.52. The van der Waals surface area contributed by atoms with Crippen LogP contribution in [0.25, 0.3) is 0 Å². The molecule has 22 heavy (non-hydrogen) atoms. The molecule has 116 valence electrons. The molecule has 4 nitrogen and oxygen atoms in total. The van der Waals surface area contributed by atoms with Gasteiger partial charge in [0.1, 0.15) is 0 Å². The lowest BCUT2D eigenvalue weighted by Crippen LogP contribution is -2.30. The van der Waals surface area contributed by atoms with Gasteiger partial charge in [-0.3, -0.25) is 4.79 Å². The molecule has 1 heterocycles. The van der Waals surface area contributed by atoms with Crippen molar-refractivity contribution in [3.05, 3.63) is 50.1 Å². The first-order valence-corrected chi connectivity index (χ1v) is 8.32. The summed E-state index contributed by atoms with van der Waals surface area (Å²) < 4.78 is 6.16. The molecule has 1 atom stereocenters. The third kappa shape index (κ3) is 4.18. The molecule has 6 heteroatoms. The van der Waals surface area contributed by atoms with Gasteiger partial charge in [-0.15, -0.1) is 11.3 Å². The first kappa shape index (κ1) is 16.7. The fourth-order valence-corrected chi connectivity index (χ4v) is 3.06. The van der Waals surface area contributed by atoms with Gasteiger partial charge in [0, 0.05) is 19.9 Å². The monoisotopic (exact) mass is 381 g/mol. The molecule has 0 saturated carbocycles. The Morgan fingerprint density at radius 3 is 2.41 bits per heavy atom. The molecule has 2 rings (SSSR count). The first-order valence-electron chi connectivity index (χ1n) is 6.71. The molecule has 0 unspecified atom stereocenters. The van der Waals surface area contributed by atoms with Crippen molar-refractivity contribution >= 4 is 44.8 Å². The highest BCUT2D eigenvalue weighted by molar-refractivity contribution is 9.10. The summed E-state index contributed by atoms with van der Waals surface area (Å²) in [7, 11) is 0. The zero-order valence-corrected chi connectivity index (χ0v) is 14.9. The van der Waals surface area contributed by atoms with Crippen molar-refractivity contribution in [3.8, 4) is 0 Å². The number of hydrogen-bond donors (Lipinski definition) is 1. The maximum absolute atomic E-state index is 12.1. The fraction of sp³-hybridized carbons (Fsp3) is 0.250. The summed E-state index contributed by atoms with van der Waals surface area (Å²) in [6.45, 7) is 5.35. The zero-order chi connectivity index (χ0) is 16.3. The highest BCUT2D eigenvalue weighted by atomic mass is 79.9. The number of carbonyl (C=O) groups excluding carboxylic acids is 2. The van der Waals surface area contributed by atoms with Crippen LogP contribution >= 0.6 is 27.3 Å². The minimum Gasteiger partial charge on any atom is -0.449 e.